The maximum Gasteiger partial charge on any atom is 0.0359 e. The average Bonchev–Trinajstić information content (AvgIpc) is 2.22. The Morgan fingerprint density at radius 1 is 1.47 bits per heavy atom. The standard InChI is InChI=1S/C13H20N2/c1-10-3-4-12-11(9-10)6-8-15(2)13(12)5-7-14/h3-4,9,13H,5-8,14H2,1-2H3. The largest absolute Gasteiger partial charge is 0.330 e. The molecular formula is C13H20N2. The number of hydrogen-bond donors (Lipinski definition) is 1. The van der Waals surface area contributed by atoms with E-state index in [1.165, 1.54) is 23.1 Å². The van der Waals surface area contributed by atoms with Crippen molar-refractivity contribution in [2.75, 3.05) is 20.1 Å². The maximum atomic E-state index is 5.68. The van der Waals surface area contributed by atoms with E-state index >= 15 is 0 Å². The summed E-state index contributed by atoms with van der Waals surface area (Å²) in [6.07, 6.45) is 2.24. The summed E-state index contributed by atoms with van der Waals surface area (Å²) in [5.41, 5.74) is 10.1. The highest BCUT2D eigenvalue weighted by Crippen LogP contribution is 2.31. The van der Waals surface area contributed by atoms with Crippen LogP contribution in [0.15, 0.2) is 18.2 Å². The monoisotopic (exact) mass is 204 g/mol. The number of aryl methyl sites for hydroxylation is 1. The molecule has 1 aliphatic rings. The maximum absolute atomic E-state index is 5.68. The van der Waals surface area contributed by atoms with Gasteiger partial charge in [0.05, 0.1) is 0 Å². The topological polar surface area (TPSA) is 29.3 Å². The molecule has 0 fully saturated rings. The Hall–Kier alpha value is -0.860. The van der Waals surface area contributed by atoms with E-state index in [2.05, 4.69) is 37.1 Å². The van der Waals surface area contributed by atoms with E-state index in [4.69, 9.17) is 5.73 Å². The van der Waals surface area contributed by atoms with E-state index in [-0.39, 0.29) is 0 Å². The third-order valence-corrected chi connectivity index (χ3v) is 3.36. The van der Waals surface area contributed by atoms with E-state index in [1.54, 1.807) is 0 Å². The van der Waals surface area contributed by atoms with E-state index in [9.17, 15) is 0 Å². The molecule has 1 aromatic carbocycles. The van der Waals surface area contributed by atoms with Gasteiger partial charge in [0, 0.05) is 12.6 Å². The lowest BCUT2D eigenvalue weighted by atomic mass is 9.90. The van der Waals surface area contributed by atoms with E-state index in [1.807, 2.05) is 0 Å². The third kappa shape index (κ3) is 2.06. The van der Waals surface area contributed by atoms with E-state index < -0.39 is 0 Å². The fourth-order valence-electron chi connectivity index (χ4n) is 2.50. The Balaban J connectivity index is 2.34. The Morgan fingerprint density at radius 2 is 2.27 bits per heavy atom. The molecule has 1 aromatic rings. The van der Waals surface area contributed by atoms with Gasteiger partial charge in [0.15, 0.2) is 0 Å². The van der Waals surface area contributed by atoms with Crippen molar-refractivity contribution in [1.82, 2.24) is 4.90 Å². The zero-order valence-electron chi connectivity index (χ0n) is 9.66. The number of rotatable bonds is 2. The lowest BCUT2D eigenvalue weighted by Gasteiger charge is -2.34. The van der Waals surface area contributed by atoms with Crippen LogP contribution in [0.3, 0.4) is 0 Å². The van der Waals surface area contributed by atoms with Gasteiger partial charge < -0.3 is 5.73 Å². The molecular weight excluding hydrogens is 184 g/mol. The number of hydrogen-bond acceptors (Lipinski definition) is 2. The van der Waals surface area contributed by atoms with Crippen molar-refractivity contribution in [2.24, 2.45) is 5.73 Å². The molecule has 0 amide bonds. The van der Waals surface area contributed by atoms with Crippen LogP contribution in [0.5, 0.6) is 0 Å². The molecule has 0 aromatic heterocycles. The van der Waals surface area contributed by atoms with Crippen LogP contribution >= 0.6 is 0 Å². The third-order valence-electron chi connectivity index (χ3n) is 3.36. The van der Waals surface area contributed by atoms with Gasteiger partial charge in [-0.05, 0) is 44.5 Å². The molecule has 1 heterocycles. The van der Waals surface area contributed by atoms with E-state index in [0.717, 1.165) is 19.5 Å². The van der Waals surface area contributed by atoms with Crippen LogP contribution in [0.4, 0.5) is 0 Å². The summed E-state index contributed by atoms with van der Waals surface area (Å²) in [5.74, 6) is 0. The molecule has 1 aliphatic heterocycles. The first-order chi connectivity index (χ1) is 7.22. The van der Waals surface area contributed by atoms with Gasteiger partial charge >= 0.3 is 0 Å². The Morgan fingerprint density at radius 3 is 3.00 bits per heavy atom. The fraction of sp³-hybridized carbons (Fsp3) is 0.538. The Kier molecular flexibility index (Phi) is 3.08. The Bertz CT molecular complexity index is 346. The zero-order chi connectivity index (χ0) is 10.8. The summed E-state index contributed by atoms with van der Waals surface area (Å²) >= 11 is 0. The number of likely N-dealkylation sites (N-methyl/N-ethyl adjacent to an activating group) is 1. The highest BCUT2D eigenvalue weighted by Gasteiger charge is 2.23. The van der Waals surface area contributed by atoms with Crippen molar-refractivity contribution in [3.8, 4) is 0 Å². The molecule has 0 radical (unpaired) electrons. The van der Waals surface area contributed by atoms with Crippen molar-refractivity contribution in [1.29, 1.82) is 0 Å². The van der Waals surface area contributed by atoms with Crippen LogP contribution in [0.25, 0.3) is 0 Å². The molecule has 15 heavy (non-hydrogen) atoms. The highest BCUT2D eigenvalue weighted by molar-refractivity contribution is 5.35. The van der Waals surface area contributed by atoms with Crippen molar-refractivity contribution < 1.29 is 0 Å². The summed E-state index contributed by atoms with van der Waals surface area (Å²) in [5, 5.41) is 0. The highest BCUT2D eigenvalue weighted by atomic mass is 15.1. The molecule has 0 saturated carbocycles. The van der Waals surface area contributed by atoms with Crippen LogP contribution in [0.2, 0.25) is 0 Å². The molecule has 0 saturated heterocycles. The number of benzene rings is 1. The van der Waals surface area contributed by atoms with Crippen LogP contribution in [-0.4, -0.2) is 25.0 Å². The van der Waals surface area contributed by atoms with Crippen LogP contribution in [0.1, 0.15) is 29.2 Å². The summed E-state index contributed by atoms with van der Waals surface area (Å²) < 4.78 is 0. The molecule has 82 valence electrons. The van der Waals surface area contributed by atoms with Crippen LogP contribution in [0, 0.1) is 6.92 Å². The van der Waals surface area contributed by atoms with Gasteiger partial charge in [0.25, 0.3) is 0 Å². The minimum absolute atomic E-state index is 0.527. The van der Waals surface area contributed by atoms with Gasteiger partial charge in [-0.3, -0.25) is 4.90 Å². The van der Waals surface area contributed by atoms with Crippen molar-refractivity contribution in [2.45, 2.75) is 25.8 Å². The van der Waals surface area contributed by atoms with Gasteiger partial charge in [-0.25, -0.2) is 0 Å². The smallest absolute Gasteiger partial charge is 0.0359 e. The second-order valence-corrected chi connectivity index (χ2v) is 4.53. The number of nitrogens with zero attached hydrogens (tertiary/aromatic N) is 1. The molecule has 1 unspecified atom stereocenters. The lowest BCUT2D eigenvalue weighted by Crippen LogP contribution is -2.33. The second kappa shape index (κ2) is 4.33. The van der Waals surface area contributed by atoms with Gasteiger partial charge in [-0.15, -0.1) is 0 Å². The van der Waals surface area contributed by atoms with Crippen LogP contribution in [-0.2, 0) is 6.42 Å². The first kappa shape index (κ1) is 10.7. The summed E-state index contributed by atoms with van der Waals surface area (Å²) in [6, 6.07) is 7.34. The minimum atomic E-state index is 0.527. The minimum Gasteiger partial charge on any atom is -0.330 e. The lowest BCUT2D eigenvalue weighted by molar-refractivity contribution is 0.222. The zero-order valence-corrected chi connectivity index (χ0v) is 9.66. The van der Waals surface area contributed by atoms with Gasteiger partial charge in [0.2, 0.25) is 0 Å². The summed E-state index contributed by atoms with van der Waals surface area (Å²) in [7, 11) is 2.20. The summed E-state index contributed by atoms with van der Waals surface area (Å²) in [4.78, 5) is 2.42. The number of nitrogens with two attached hydrogens (primary N) is 1. The Labute approximate surface area is 92.1 Å². The second-order valence-electron chi connectivity index (χ2n) is 4.53. The molecule has 0 aliphatic carbocycles. The van der Waals surface area contributed by atoms with Gasteiger partial charge in [-0.2, -0.15) is 0 Å². The molecule has 0 spiro atoms. The molecule has 2 rings (SSSR count). The van der Waals surface area contributed by atoms with Crippen molar-refractivity contribution >= 4 is 0 Å². The quantitative estimate of drug-likeness (QED) is 0.797. The predicted molar refractivity (Wildman–Crippen MR) is 63.9 cm³/mol. The molecule has 2 nitrogen and oxygen atoms in total. The normalized spacial score (nSPS) is 21.4. The summed E-state index contributed by atoms with van der Waals surface area (Å²) in [6.45, 7) is 4.08. The van der Waals surface area contributed by atoms with Crippen molar-refractivity contribution in [3.63, 3.8) is 0 Å². The SMILES string of the molecule is Cc1ccc2c(c1)CCN(C)C2CCN. The molecule has 2 heteroatoms. The van der Waals surface area contributed by atoms with Crippen molar-refractivity contribution in [3.05, 3.63) is 34.9 Å². The van der Waals surface area contributed by atoms with Gasteiger partial charge in [-0.1, -0.05) is 23.8 Å². The average molecular weight is 204 g/mol. The molecule has 2 N–H and O–H groups in total. The number of fused-ring (bicyclic) bond motifs is 1. The van der Waals surface area contributed by atoms with Gasteiger partial charge in [0.1, 0.15) is 0 Å². The first-order valence-electron chi connectivity index (χ1n) is 5.72. The molecule has 1 atom stereocenters. The molecule has 0 bridgehead atoms. The first-order valence-corrected chi connectivity index (χ1v) is 5.72. The fourth-order valence-corrected chi connectivity index (χ4v) is 2.50. The van der Waals surface area contributed by atoms with Crippen LogP contribution < -0.4 is 5.73 Å². The van der Waals surface area contributed by atoms with E-state index in [0.29, 0.717) is 6.04 Å². The predicted octanol–water partition coefficient (Wildman–Crippen LogP) is 1.87.